The van der Waals surface area contributed by atoms with Gasteiger partial charge in [0.25, 0.3) is 0 Å². The second-order valence-corrected chi connectivity index (χ2v) is 5.97. The first-order chi connectivity index (χ1) is 10.2. The van der Waals surface area contributed by atoms with Crippen LogP contribution in [-0.2, 0) is 18.3 Å². The summed E-state index contributed by atoms with van der Waals surface area (Å²) in [4.78, 5) is 16.4. The summed E-state index contributed by atoms with van der Waals surface area (Å²) in [5.41, 5.74) is 1.04. The van der Waals surface area contributed by atoms with Crippen molar-refractivity contribution in [3.05, 3.63) is 41.5 Å². The fraction of sp³-hybridized carbons (Fsp3) is 0.267. The SMILES string of the molecule is Cn1ccc(NC(=O)CCCc2nc3ccccc3s2)n1. The van der Waals surface area contributed by atoms with Crippen molar-refractivity contribution in [2.24, 2.45) is 7.05 Å². The van der Waals surface area contributed by atoms with E-state index in [1.54, 1.807) is 28.3 Å². The highest BCUT2D eigenvalue weighted by atomic mass is 32.1. The maximum atomic E-state index is 11.8. The molecule has 0 aliphatic carbocycles. The molecule has 3 rings (SSSR count). The predicted molar refractivity (Wildman–Crippen MR) is 84.4 cm³/mol. The van der Waals surface area contributed by atoms with E-state index in [9.17, 15) is 4.79 Å². The van der Waals surface area contributed by atoms with Crippen LogP contribution >= 0.6 is 11.3 Å². The van der Waals surface area contributed by atoms with Gasteiger partial charge in [0.1, 0.15) is 0 Å². The minimum Gasteiger partial charge on any atom is -0.309 e. The number of thiazole rings is 1. The summed E-state index contributed by atoms with van der Waals surface area (Å²) in [5.74, 6) is 0.595. The second-order valence-electron chi connectivity index (χ2n) is 4.85. The largest absolute Gasteiger partial charge is 0.309 e. The first kappa shape index (κ1) is 13.8. The molecule has 0 spiro atoms. The molecule has 108 valence electrons. The van der Waals surface area contributed by atoms with E-state index in [0.29, 0.717) is 12.2 Å². The molecule has 6 heteroatoms. The number of nitrogens with zero attached hydrogens (tertiary/aromatic N) is 3. The second kappa shape index (κ2) is 6.05. The summed E-state index contributed by atoms with van der Waals surface area (Å²) >= 11 is 1.70. The monoisotopic (exact) mass is 300 g/mol. The molecule has 21 heavy (non-hydrogen) atoms. The number of nitrogens with one attached hydrogen (secondary N) is 1. The number of amides is 1. The number of hydrogen-bond acceptors (Lipinski definition) is 4. The number of carbonyl (C=O) groups excluding carboxylic acids is 1. The van der Waals surface area contributed by atoms with Crippen molar-refractivity contribution in [3.8, 4) is 0 Å². The third-order valence-electron chi connectivity index (χ3n) is 3.11. The van der Waals surface area contributed by atoms with Crippen LogP contribution in [0.5, 0.6) is 0 Å². The Morgan fingerprint density at radius 3 is 2.95 bits per heavy atom. The third-order valence-corrected chi connectivity index (χ3v) is 4.21. The van der Waals surface area contributed by atoms with Gasteiger partial charge in [-0.3, -0.25) is 9.48 Å². The molecule has 0 aliphatic heterocycles. The molecule has 3 aromatic rings. The Morgan fingerprint density at radius 1 is 1.33 bits per heavy atom. The molecule has 1 aromatic carbocycles. The van der Waals surface area contributed by atoms with Gasteiger partial charge >= 0.3 is 0 Å². The van der Waals surface area contributed by atoms with Crippen molar-refractivity contribution >= 4 is 33.3 Å². The van der Waals surface area contributed by atoms with Crippen molar-refractivity contribution < 1.29 is 4.79 Å². The fourth-order valence-electron chi connectivity index (χ4n) is 2.11. The molecule has 0 radical (unpaired) electrons. The number of carbonyl (C=O) groups is 1. The minimum atomic E-state index is -0.00480. The average Bonchev–Trinajstić information content (AvgIpc) is 3.04. The molecule has 0 unspecified atom stereocenters. The zero-order valence-electron chi connectivity index (χ0n) is 11.7. The normalized spacial score (nSPS) is 10.9. The quantitative estimate of drug-likeness (QED) is 0.788. The van der Waals surface area contributed by atoms with Gasteiger partial charge < -0.3 is 5.32 Å². The van der Waals surface area contributed by atoms with Gasteiger partial charge in [-0.2, -0.15) is 5.10 Å². The lowest BCUT2D eigenvalue weighted by Gasteiger charge is -2.00. The zero-order chi connectivity index (χ0) is 14.7. The van der Waals surface area contributed by atoms with Crippen LogP contribution in [0.1, 0.15) is 17.8 Å². The molecule has 2 aromatic heterocycles. The van der Waals surface area contributed by atoms with E-state index >= 15 is 0 Å². The van der Waals surface area contributed by atoms with Gasteiger partial charge in [0.2, 0.25) is 5.91 Å². The fourth-order valence-corrected chi connectivity index (χ4v) is 3.12. The topological polar surface area (TPSA) is 59.8 Å². The van der Waals surface area contributed by atoms with Gasteiger partial charge in [0.15, 0.2) is 5.82 Å². The van der Waals surface area contributed by atoms with E-state index < -0.39 is 0 Å². The van der Waals surface area contributed by atoms with Crippen molar-refractivity contribution in [2.45, 2.75) is 19.3 Å². The minimum absolute atomic E-state index is 0.00480. The van der Waals surface area contributed by atoms with Crippen LogP contribution in [0.25, 0.3) is 10.2 Å². The smallest absolute Gasteiger partial charge is 0.225 e. The molecule has 0 saturated heterocycles. The Labute approximate surface area is 126 Å². The molecular weight excluding hydrogens is 284 g/mol. The van der Waals surface area contributed by atoms with Crippen LogP contribution in [0.3, 0.4) is 0 Å². The van der Waals surface area contributed by atoms with Crippen molar-refractivity contribution in [2.75, 3.05) is 5.32 Å². The first-order valence-electron chi connectivity index (χ1n) is 6.85. The van der Waals surface area contributed by atoms with Gasteiger partial charge in [-0.15, -0.1) is 11.3 Å². The van der Waals surface area contributed by atoms with Crippen molar-refractivity contribution in [1.82, 2.24) is 14.8 Å². The summed E-state index contributed by atoms with van der Waals surface area (Å²) in [7, 11) is 1.82. The van der Waals surface area contributed by atoms with E-state index in [-0.39, 0.29) is 5.91 Å². The number of aromatic nitrogens is 3. The Balaban J connectivity index is 1.50. The van der Waals surface area contributed by atoms with Gasteiger partial charge in [-0.25, -0.2) is 4.98 Å². The highest BCUT2D eigenvalue weighted by molar-refractivity contribution is 7.18. The number of hydrogen-bond donors (Lipinski definition) is 1. The Bertz CT molecular complexity index is 729. The number of rotatable bonds is 5. The van der Waals surface area contributed by atoms with E-state index in [4.69, 9.17) is 0 Å². The van der Waals surface area contributed by atoms with Gasteiger partial charge in [0.05, 0.1) is 15.2 Å². The first-order valence-corrected chi connectivity index (χ1v) is 7.66. The molecule has 2 heterocycles. The number of para-hydroxylation sites is 1. The Kier molecular flexibility index (Phi) is 3.96. The standard InChI is InChI=1S/C15H16N4OS/c1-19-10-9-13(18-19)17-14(20)7-4-8-15-16-11-5-2-3-6-12(11)21-15/h2-3,5-6,9-10H,4,7-8H2,1H3,(H,17,18,20). The highest BCUT2D eigenvalue weighted by Crippen LogP contribution is 2.22. The van der Waals surface area contributed by atoms with Gasteiger partial charge in [0, 0.05) is 25.7 Å². The van der Waals surface area contributed by atoms with Crippen LogP contribution in [0.4, 0.5) is 5.82 Å². The molecular formula is C15H16N4OS. The summed E-state index contributed by atoms with van der Waals surface area (Å²) in [5, 5.41) is 7.99. The molecule has 5 nitrogen and oxygen atoms in total. The number of benzene rings is 1. The lowest BCUT2D eigenvalue weighted by Crippen LogP contribution is -2.12. The zero-order valence-corrected chi connectivity index (χ0v) is 12.6. The molecule has 0 saturated carbocycles. The van der Waals surface area contributed by atoms with E-state index in [0.717, 1.165) is 23.4 Å². The molecule has 1 N–H and O–H groups in total. The van der Waals surface area contributed by atoms with E-state index in [2.05, 4.69) is 21.5 Å². The highest BCUT2D eigenvalue weighted by Gasteiger charge is 2.07. The summed E-state index contributed by atoms with van der Waals surface area (Å²) in [6, 6.07) is 9.88. The van der Waals surface area contributed by atoms with Gasteiger partial charge in [-0.05, 0) is 25.0 Å². The van der Waals surface area contributed by atoms with Crippen LogP contribution in [-0.4, -0.2) is 20.7 Å². The van der Waals surface area contributed by atoms with Crippen molar-refractivity contribution in [3.63, 3.8) is 0 Å². The third kappa shape index (κ3) is 3.46. The molecule has 1 amide bonds. The molecule has 0 aliphatic rings. The average molecular weight is 300 g/mol. The van der Waals surface area contributed by atoms with Crippen LogP contribution < -0.4 is 5.32 Å². The number of aryl methyl sites for hydroxylation is 2. The van der Waals surface area contributed by atoms with Crippen molar-refractivity contribution in [1.29, 1.82) is 0 Å². The number of fused-ring (bicyclic) bond motifs is 1. The summed E-state index contributed by atoms with van der Waals surface area (Å²) in [6.07, 6.45) is 3.90. The van der Waals surface area contributed by atoms with Crippen LogP contribution in [0.15, 0.2) is 36.5 Å². The Hall–Kier alpha value is -2.21. The lowest BCUT2D eigenvalue weighted by molar-refractivity contribution is -0.116. The summed E-state index contributed by atoms with van der Waals surface area (Å²) in [6.45, 7) is 0. The Morgan fingerprint density at radius 2 is 2.19 bits per heavy atom. The molecule has 0 atom stereocenters. The van der Waals surface area contributed by atoms with E-state index in [1.165, 1.54) is 4.70 Å². The molecule has 0 fully saturated rings. The van der Waals surface area contributed by atoms with Crippen LogP contribution in [0, 0.1) is 0 Å². The molecule has 0 bridgehead atoms. The van der Waals surface area contributed by atoms with E-state index in [1.807, 2.05) is 25.2 Å². The van der Waals surface area contributed by atoms with Crippen LogP contribution in [0.2, 0.25) is 0 Å². The number of anilines is 1. The van der Waals surface area contributed by atoms with Gasteiger partial charge in [-0.1, -0.05) is 12.1 Å². The maximum Gasteiger partial charge on any atom is 0.225 e. The maximum absolute atomic E-state index is 11.8. The summed E-state index contributed by atoms with van der Waals surface area (Å²) < 4.78 is 2.86. The predicted octanol–water partition coefficient (Wildman–Crippen LogP) is 2.99. The lowest BCUT2D eigenvalue weighted by atomic mass is 10.2.